The summed E-state index contributed by atoms with van der Waals surface area (Å²) in [4.78, 5) is 41.3. The largest absolute Gasteiger partial charge is 0.341 e. The molecule has 136 valence electrons. The molecule has 2 amide bonds. The lowest BCUT2D eigenvalue weighted by Crippen LogP contribution is -2.56. The molecule has 2 aromatic heterocycles. The topological polar surface area (TPSA) is 91.3 Å². The lowest BCUT2D eigenvalue weighted by Gasteiger charge is -2.41. The van der Waals surface area contributed by atoms with Gasteiger partial charge in [0, 0.05) is 56.1 Å². The zero-order chi connectivity index (χ0) is 17.9. The van der Waals surface area contributed by atoms with E-state index in [2.05, 4.69) is 25.2 Å². The highest BCUT2D eigenvalue weighted by Gasteiger charge is 2.39. The molecule has 0 bridgehead atoms. The van der Waals surface area contributed by atoms with Gasteiger partial charge in [0.1, 0.15) is 0 Å². The number of hydrogen-bond donors (Lipinski definition) is 1. The highest BCUT2D eigenvalue weighted by atomic mass is 32.1. The number of piperidine rings is 1. The predicted molar refractivity (Wildman–Crippen MR) is 97.8 cm³/mol. The van der Waals surface area contributed by atoms with Gasteiger partial charge in [-0.15, -0.1) is 11.3 Å². The van der Waals surface area contributed by atoms with E-state index in [1.54, 1.807) is 29.6 Å². The van der Waals surface area contributed by atoms with Gasteiger partial charge in [0.2, 0.25) is 17.8 Å². The van der Waals surface area contributed by atoms with Gasteiger partial charge in [0.15, 0.2) is 5.13 Å². The lowest BCUT2D eigenvalue weighted by molar-refractivity contribution is -0.145. The Hall–Kier alpha value is -2.55. The molecular weight excluding hydrogens is 352 g/mol. The molecule has 0 unspecified atom stereocenters. The molecule has 0 aliphatic carbocycles. The van der Waals surface area contributed by atoms with Crippen molar-refractivity contribution < 1.29 is 9.59 Å². The van der Waals surface area contributed by atoms with Crippen LogP contribution in [0, 0.1) is 11.8 Å². The average Bonchev–Trinajstić information content (AvgIpc) is 3.14. The fourth-order valence-corrected chi connectivity index (χ4v) is 3.89. The van der Waals surface area contributed by atoms with E-state index in [1.165, 1.54) is 11.3 Å². The number of amides is 2. The van der Waals surface area contributed by atoms with Gasteiger partial charge < -0.3 is 15.1 Å². The summed E-state index contributed by atoms with van der Waals surface area (Å²) < 4.78 is 0. The van der Waals surface area contributed by atoms with Crippen LogP contribution >= 0.6 is 11.3 Å². The van der Waals surface area contributed by atoms with E-state index in [9.17, 15) is 9.59 Å². The molecule has 4 rings (SSSR count). The molecule has 8 nitrogen and oxygen atoms in total. The molecule has 0 atom stereocenters. The molecule has 0 aromatic carbocycles. The highest BCUT2D eigenvalue weighted by molar-refractivity contribution is 7.13. The summed E-state index contributed by atoms with van der Waals surface area (Å²) in [5.41, 5.74) is 0. The normalized spacial score (nSPS) is 18.5. The van der Waals surface area contributed by atoms with Crippen molar-refractivity contribution in [2.24, 2.45) is 11.8 Å². The van der Waals surface area contributed by atoms with Gasteiger partial charge in [-0.05, 0) is 18.9 Å². The third kappa shape index (κ3) is 3.52. The third-order valence-electron chi connectivity index (χ3n) is 4.91. The maximum Gasteiger partial charge on any atom is 0.232 e. The summed E-state index contributed by atoms with van der Waals surface area (Å²) in [5.74, 6) is 0.719. The number of carbonyl (C=O) groups excluding carboxylic acids is 2. The zero-order valence-electron chi connectivity index (χ0n) is 14.2. The second-order valence-corrected chi connectivity index (χ2v) is 7.47. The van der Waals surface area contributed by atoms with E-state index in [-0.39, 0.29) is 23.7 Å². The molecular formula is C17H20N6O2S. The van der Waals surface area contributed by atoms with Crippen LogP contribution in [-0.4, -0.2) is 57.8 Å². The third-order valence-corrected chi connectivity index (χ3v) is 5.59. The number of nitrogens with one attached hydrogen (secondary N) is 1. The number of hydrogen-bond acceptors (Lipinski definition) is 7. The Kier molecular flexibility index (Phi) is 4.79. The van der Waals surface area contributed by atoms with Gasteiger partial charge in [0.05, 0.1) is 5.92 Å². The Bertz CT molecular complexity index is 755. The van der Waals surface area contributed by atoms with Crippen LogP contribution < -0.4 is 10.2 Å². The predicted octanol–water partition coefficient (Wildman–Crippen LogP) is 1.25. The molecule has 2 fully saturated rings. The van der Waals surface area contributed by atoms with Gasteiger partial charge in [-0.3, -0.25) is 9.59 Å². The second kappa shape index (κ2) is 7.36. The van der Waals surface area contributed by atoms with Crippen LogP contribution in [0.1, 0.15) is 12.8 Å². The molecule has 2 aliphatic heterocycles. The van der Waals surface area contributed by atoms with Gasteiger partial charge in [-0.25, -0.2) is 15.0 Å². The summed E-state index contributed by atoms with van der Waals surface area (Å²) in [6, 6.07) is 1.80. The van der Waals surface area contributed by atoms with Crippen LogP contribution in [0.25, 0.3) is 0 Å². The molecule has 2 aliphatic rings. The first-order valence-electron chi connectivity index (χ1n) is 8.72. The van der Waals surface area contributed by atoms with Crippen LogP contribution in [-0.2, 0) is 9.59 Å². The van der Waals surface area contributed by atoms with E-state index in [0.29, 0.717) is 18.2 Å². The van der Waals surface area contributed by atoms with E-state index in [4.69, 9.17) is 0 Å². The quantitative estimate of drug-likeness (QED) is 0.868. The molecule has 26 heavy (non-hydrogen) atoms. The first-order valence-corrected chi connectivity index (χ1v) is 9.60. The number of thiazole rings is 1. The van der Waals surface area contributed by atoms with Crippen molar-refractivity contribution >= 4 is 34.2 Å². The maximum absolute atomic E-state index is 12.6. The van der Waals surface area contributed by atoms with Crippen LogP contribution in [0.4, 0.5) is 11.1 Å². The van der Waals surface area contributed by atoms with Gasteiger partial charge in [0.25, 0.3) is 0 Å². The molecule has 0 radical (unpaired) electrons. The van der Waals surface area contributed by atoms with Crippen molar-refractivity contribution in [1.29, 1.82) is 0 Å². The Morgan fingerprint density at radius 2 is 1.77 bits per heavy atom. The molecule has 2 saturated heterocycles. The minimum atomic E-state index is -0.138. The Balaban J connectivity index is 1.23. The zero-order valence-corrected chi connectivity index (χ0v) is 15.1. The number of rotatable bonds is 4. The lowest BCUT2D eigenvalue weighted by atomic mass is 9.91. The number of anilines is 2. The average molecular weight is 372 g/mol. The summed E-state index contributed by atoms with van der Waals surface area (Å²) >= 11 is 1.39. The molecule has 2 aromatic rings. The minimum Gasteiger partial charge on any atom is -0.341 e. The monoisotopic (exact) mass is 372 g/mol. The van der Waals surface area contributed by atoms with Gasteiger partial charge in [-0.2, -0.15) is 0 Å². The molecule has 0 spiro atoms. The second-order valence-electron chi connectivity index (χ2n) is 6.58. The Morgan fingerprint density at radius 3 is 2.42 bits per heavy atom. The smallest absolute Gasteiger partial charge is 0.232 e. The minimum absolute atomic E-state index is 0.0259. The van der Waals surface area contributed by atoms with Crippen molar-refractivity contribution in [3.8, 4) is 0 Å². The fourth-order valence-electron chi connectivity index (χ4n) is 3.36. The number of aromatic nitrogens is 3. The van der Waals surface area contributed by atoms with Crippen molar-refractivity contribution in [2.45, 2.75) is 12.8 Å². The summed E-state index contributed by atoms with van der Waals surface area (Å²) in [6.45, 7) is 2.56. The Labute approximate surface area is 155 Å². The van der Waals surface area contributed by atoms with Gasteiger partial charge in [-0.1, -0.05) is 0 Å². The van der Waals surface area contributed by atoms with Crippen molar-refractivity contribution in [2.75, 3.05) is 36.4 Å². The first-order chi connectivity index (χ1) is 12.7. The van der Waals surface area contributed by atoms with E-state index < -0.39 is 0 Å². The molecule has 0 saturated carbocycles. The fraction of sp³-hybridized carbons (Fsp3) is 0.471. The van der Waals surface area contributed by atoms with Crippen LogP contribution in [0.5, 0.6) is 0 Å². The SMILES string of the molecule is O=C(Nc1nccs1)C1CN(C(=O)C2CCN(c3ncccn3)CC2)C1. The van der Waals surface area contributed by atoms with Crippen LogP contribution in [0.2, 0.25) is 0 Å². The van der Waals surface area contributed by atoms with Crippen molar-refractivity contribution in [3.05, 3.63) is 30.0 Å². The van der Waals surface area contributed by atoms with Crippen molar-refractivity contribution in [1.82, 2.24) is 19.9 Å². The first kappa shape index (κ1) is 16.9. The molecule has 1 N–H and O–H groups in total. The summed E-state index contributed by atoms with van der Waals surface area (Å²) in [7, 11) is 0. The summed E-state index contributed by atoms with van der Waals surface area (Å²) in [5, 5.41) is 5.22. The van der Waals surface area contributed by atoms with Gasteiger partial charge >= 0.3 is 0 Å². The highest BCUT2D eigenvalue weighted by Crippen LogP contribution is 2.26. The number of carbonyl (C=O) groups is 2. The van der Waals surface area contributed by atoms with Crippen LogP contribution in [0.15, 0.2) is 30.0 Å². The van der Waals surface area contributed by atoms with Crippen LogP contribution in [0.3, 0.4) is 0 Å². The Morgan fingerprint density at radius 1 is 1.04 bits per heavy atom. The number of nitrogens with zero attached hydrogens (tertiary/aromatic N) is 5. The summed E-state index contributed by atoms with van der Waals surface area (Å²) in [6.07, 6.45) is 6.71. The molecule has 9 heteroatoms. The van der Waals surface area contributed by atoms with Crippen molar-refractivity contribution in [3.63, 3.8) is 0 Å². The maximum atomic E-state index is 12.6. The molecule has 4 heterocycles. The standard InChI is InChI=1S/C17H20N6O2S/c24-14(21-17-20-6-9-26-17)13-10-23(11-13)15(25)12-2-7-22(8-3-12)16-18-4-1-5-19-16/h1,4-6,9,12-13H,2-3,7-8,10-11H2,(H,20,21,24). The van der Waals surface area contributed by atoms with E-state index in [1.807, 2.05) is 5.38 Å². The number of likely N-dealkylation sites (tertiary alicyclic amines) is 1. The van der Waals surface area contributed by atoms with E-state index >= 15 is 0 Å². The van der Waals surface area contributed by atoms with E-state index in [0.717, 1.165) is 31.9 Å².